The molecule has 2 fully saturated rings. The second-order valence-corrected chi connectivity index (χ2v) is 9.73. The Morgan fingerprint density at radius 1 is 1.11 bits per heavy atom. The largest absolute Gasteiger partial charge is 0.353 e. The molecule has 2 aliphatic rings. The maximum absolute atomic E-state index is 12.7. The number of rotatable bonds is 6. The van der Waals surface area contributed by atoms with Crippen molar-refractivity contribution in [2.75, 3.05) is 26.2 Å². The van der Waals surface area contributed by atoms with Gasteiger partial charge in [-0.3, -0.25) is 4.79 Å². The normalized spacial score (nSPS) is 20.5. The van der Waals surface area contributed by atoms with Crippen molar-refractivity contribution in [2.45, 2.75) is 56.4 Å². The number of hydrogen-bond acceptors (Lipinski definition) is 4. The number of carbonyl (C=O) groups excluding carboxylic acids is 1. The standard InChI is InChI=1S/C20H31N3O3S/c1-16-2-5-19(6-3-16)27(25,26)23-14-10-18(11-15-23)22-20(24)7-4-17-8-12-21-13-9-17/h2-3,5-6,17-18,21H,4,7-15H2,1H3,(H,22,24). The summed E-state index contributed by atoms with van der Waals surface area (Å²) in [5.41, 5.74) is 1.04. The van der Waals surface area contributed by atoms with Crippen molar-refractivity contribution in [1.82, 2.24) is 14.9 Å². The fourth-order valence-corrected chi connectivity index (χ4v) is 5.37. The molecule has 0 aromatic heterocycles. The SMILES string of the molecule is Cc1ccc(S(=O)(=O)N2CCC(NC(=O)CCC3CCNCC3)CC2)cc1. The van der Waals surface area contributed by atoms with Crippen molar-refractivity contribution < 1.29 is 13.2 Å². The Morgan fingerprint density at radius 3 is 2.37 bits per heavy atom. The van der Waals surface area contributed by atoms with E-state index in [1.807, 2.05) is 19.1 Å². The number of amides is 1. The summed E-state index contributed by atoms with van der Waals surface area (Å²) in [6.45, 7) is 4.96. The molecule has 2 aliphatic heterocycles. The average Bonchev–Trinajstić information content (AvgIpc) is 2.68. The van der Waals surface area contributed by atoms with Gasteiger partial charge in [-0.1, -0.05) is 17.7 Å². The number of carbonyl (C=O) groups is 1. The molecular weight excluding hydrogens is 362 g/mol. The van der Waals surface area contributed by atoms with E-state index in [1.165, 1.54) is 4.31 Å². The number of sulfonamides is 1. The zero-order valence-electron chi connectivity index (χ0n) is 16.1. The van der Waals surface area contributed by atoms with Crippen LogP contribution in [0, 0.1) is 12.8 Å². The molecule has 2 N–H and O–H groups in total. The molecule has 2 heterocycles. The van der Waals surface area contributed by atoms with E-state index in [0.29, 0.717) is 43.2 Å². The van der Waals surface area contributed by atoms with Crippen molar-refractivity contribution in [1.29, 1.82) is 0 Å². The number of hydrogen-bond donors (Lipinski definition) is 2. The summed E-state index contributed by atoms with van der Waals surface area (Å²) >= 11 is 0. The van der Waals surface area contributed by atoms with Gasteiger partial charge in [0.05, 0.1) is 4.90 Å². The molecule has 3 rings (SSSR count). The lowest BCUT2D eigenvalue weighted by Gasteiger charge is -2.31. The smallest absolute Gasteiger partial charge is 0.243 e. The van der Waals surface area contributed by atoms with Gasteiger partial charge in [0, 0.05) is 25.6 Å². The average molecular weight is 394 g/mol. The molecule has 0 radical (unpaired) electrons. The highest BCUT2D eigenvalue weighted by molar-refractivity contribution is 7.89. The van der Waals surface area contributed by atoms with E-state index in [2.05, 4.69) is 10.6 Å². The van der Waals surface area contributed by atoms with Gasteiger partial charge >= 0.3 is 0 Å². The minimum Gasteiger partial charge on any atom is -0.353 e. The Hall–Kier alpha value is -1.44. The summed E-state index contributed by atoms with van der Waals surface area (Å²) in [6.07, 6.45) is 5.18. The summed E-state index contributed by atoms with van der Waals surface area (Å²) in [5.74, 6) is 0.756. The first-order valence-electron chi connectivity index (χ1n) is 10.0. The van der Waals surface area contributed by atoms with E-state index >= 15 is 0 Å². The number of aryl methyl sites for hydroxylation is 1. The summed E-state index contributed by atoms with van der Waals surface area (Å²) in [4.78, 5) is 12.6. The van der Waals surface area contributed by atoms with Crippen molar-refractivity contribution >= 4 is 15.9 Å². The molecule has 0 bridgehead atoms. The summed E-state index contributed by atoms with van der Waals surface area (Å²) < 4.78 is 27.0. The quantitative estimate of drug-likeness (QED) is 0.775. The van der Waals surface area contributed by atoms with Crippen LogP contribution in [0.2, 0.25) is 0 Å². The minimum atomic E-state index is -3.44. The lowest BCUT2D eigenvalue weighted by atomic mass is 9.93. The van der Waals surface area contributed by atoms with Gasteiger partial charge in [-0.05, 0) is 70.2 Å². The van der Waals surface area contributed by atoms with Gasteiger partial charge in [-0.25, -0.2) is 8.42 Å². The fourth-order valence-electron chi connectivity index (χ4n) is 3.91. The van der Waals surface area contributed by atoms with Crippen molar-refractivity contribution in [3.8, 4) is 0 Å². The highest BCUT2D eigenvalue weighted by Gasteiger charge is 2.29. The van der Waals surface area contributed by atoms with Crippen LogP contribution in [0.25, 0.3) is 0 Å². The van der Waals surface area contributed by atoms with Crippen LogP contribution in [0.15, 0.2) is 29.2 Å². The third-order valence-corrected chi connectivity index (χ3v) is 7.63. The lowest BCUT2D eigenvalue weighted by molar-refractivity contribution is -0.122. The van der Waals surface area contributed by atoms with E-state index < -0.39 is 10.0 Å². The molecule has 7 heteroatoms. The molecule has 27 heavy (non-hydrogen) atoms. The van der Waals surface area contributed by atoms with Crippen LogP contribution in [0.3, 0.4) is 0 Å². The predicted molar refractivity (Wildman–Crippen MR) is 106 cm³/mol. The summed E-state index contributed by atoms with van der Waals surface area (Å²) in [5, 5.41) is 6.45. The van der Waals surface area contributed by atoms with E-state index in [9.17, 15) is 13.2 Å². The number of nitrogens with one attached hydrogen (secondary N) is 2. The Labute approximate surface area is 162 Å². The monoisotopic (exact) mass is 393 g/mol. The molecular formula is C20H31N3O3S. The van der Waals surface area contributed by atoms with Crippen LogP contribution in [-0.2, 0) is 14.8 Å². The van der Waals surface area contributed by atoms with Crippen LogP contribution < -0.4 is 10.6 Å². The van der Waals surface area contributed by atoms with Gasteiger partial charge in [0.25, 0.3) is 0 Å². The summed E-state index contributed by atoms with van der Waals surface area (Å²) in [6, 6.07) is 7.05. The topological polar surface area (TPSA) is 78.5 Å². The highest BCUT2D eigenvalue weighted by atomic mass is 32.2. The number of benzene rings is 1. The Morgan fingerprint density at radius 2 is 1.74 bits per heavy atom. The van der Waals surface area contributed by atoms with Crippen molar-refractivity contribution in [3.63, 3.8) is 0 Å². The molecule has 1 aromatic carbocycles. The van der Waals surface area contributed by atoms with Gasteiger partial charge in [0.2, 0.25) is 15.9 Å². The Bertz CT molecular complexity index is 719. The minimum absolute atomic E-state index is 0.0787. The first-order chi connectivity index (χ1) is 12.9. The molecule has 1 aromatic rings. The third kappa shape index (κ3) is 5.53. The van der Waals surface area contributed by atoms with Gasteiger partial charge in [-0.15, -0.1) is 0 Å². The highest BCUT2D eigenvalue weighted by Crippen LogP contribution is 2.22. The van der Waals surface area contributed by atoms with Crippen LogP contribution in [0.1, 0.15) is 44.1 Å². The van der Waals surface area contributed by atoms with Gasteiger partial charge in [0.1, 0.15) is 0 Å². The van der Waals surface area contributed by atoms with E-state index in [-0.39, 0.29) is 11.9 Å². The molecule has 0 saturated carbocycles. The van der Waals surface area contributed by atoms with Crippen LogP contribution in [-0.4, -0.2) is 50.9 Å². The molecule has 0 unspecified atom stereocenters. The van der Waals surface area contributed by atoms with Gasteiger partial charge in [-0.2, -0.15) is 4.31 Å². The maximum atomic E-state index is 12.7. The molecule has 1 amide bonds. The van der Waals surface area contributed by atoms with Crippen molar-refractivity contribution in [2.24, 2.45) is 5.92 Å². The predicted octanol–water partition coefficient (Wildman–Crippen LogP) is 2.04. The Balaban J connectivity index is 1.44. The zero-order valence-corrected chi connectivity index (χ0v) is 16.9. The first-order valence-corrected chi connectivity index (χ1v) is 11.5. The maximum Gasteiger partial charge on any atom is 0.243 e. The summed E-state index contributed by atoms with van der Waals surface area (Å²) in [7, 11) is -3.44. The second kappa shape index (κ2) is 9.17. The number of nitrogens with zero attached hydrogens (tertiary/aromatic N) is 1. The lowest BCUT2D eigenvalue weighted by Crippen LogP contribution is -2.46. The first kappa shape index (κ1) is 20.3. The second-order valence-electron chi connectivity index (χ2n) is 7.79. The Kier molecular flexibility index (Phi) is 6.89. The molecule has 0 aliphatic carbocycles. The van der Waals surface area contributed by atoms with Crippen LogP contribution >= 0.6 is 0 Å². The molecule has 0 spiro atoms. The fraction of sp³-hybridized carbons (Fsp3) is 0.650. The van der Waals surface area contributed by atoms with Crippen LogP contribution in [0.4, 0.5) is 0 Å². The van der Waals surface area contributed by atoms with E-state index in [4.69, 9.17) is 0 Å². The van der Waals surface area contributed by atoms with E-state index in [0.717, 1.165) is 37.9 Å². The van der Waals surface area contributed by atoms with E-state index in [1.54, 1.807) is 12.1 Å². The molecule has 0 atom stereocenters. The molecule has 6 nitrogen and oxygen atoms in total. The zero-order chi connectivity index (χ0) is 19.3. The van der Waals surface area contributed by atoms with Gasteiger partial charge in [0.15, 0.2) is 0 Å². The van der Waals surface area contributed by atoms with Crippen LogP contribution in [0.5, 0.6) is 0 Å². The van der Waals surface area contributed by atoms with Gasteiger partial charge < -0.3 is 10.6 Å². The third-order valence-electron chi connectivity index (χ3n) is 5.72. The molecule has 150 valence electrons. The van der Waals surface area contributed by atoms with Crippen molar-refractivity contribution in [3.05, 3.63) is 29.8 Å². The molecule has 2 saturated heterocycles. The number of piperidine rings is 2.